The van der Waals surface area contributed by atoms with Gasteiger partial charge in [-0.05, 0) is 50.9 Å². The Hall–Kier alpha value is -1.04. The van der Waals surface area contributed by atoms with Crippen molar-refractivity contribution in [3.05, 3.63) is 0 Å². The average molecular weight is 275 g/mol. The van der Waals surface area contributed by atoms with Crippen molar-refractivity contribution in [1.29, 1.82) is 5.26 Å². The van der Waals surface area contributed by atoms with E-state index in [-0.39, 0.29) is 0 Å². The predicted molar refractivity (Wildman–Crippen MR) is 83.4 cm³/mol. The molecule has 1 heterocycles. The van der Waals surface area contributed by atoms with Crippen molar-refractivity contribution in [2.45, 2.75) is 77.7 Å². The van der Waals surface area contributed by atoms with E-state index in [1.165, 1.54) is 51.4 Å². The van der Waals surface area contributed by atoms with Gasteiger partial charge in [0.25, 0.3) is 0 Å². The molecule has 1 aliphatic heterocycles. The van der Waals surface area contributed by atoms with Crippen LogP contribution < -0.4 is 0 Å². The highest BCUT2D eigenvalue weighted by Gasteiger charge is 2.32. The van der Waals surface area contributed by atoms with Gasteiger partial charge >= 0.3 is 0 Å². The minimum absolute atomic E-state index is 0.511. The van der Waals surface area contributed by atoms with Crippen molar-refractivity contribution in [1.82, 2.24) is 4.90 Å². The topological polar surface area (TPSA) is 39.4 Å². The lowest BCUT2D eigenvalue weighted by molar-refractivity contribution is 0.177. The Morgan fingerprint density at radius 3 is 2.55 bits per heavy atom. The third kappa shape index (κ3) is 3.53. The van der Waals surface area contributed by atoms with Gasteiger partial charge in [0.1, 0.15) is 5.84 Å². The molecule has 1 atom stereocenters. The van der Waals surface area contributed by atoms with Gasteiger partial charge in [0.2, 0.25) is 6.19 Å². The summed E-state index contributed by atoms with van der Waals surface area (Å²) in [6.07, 6.45) is 13.7. The molecule has 0 amide bonds. The summed E-state index contributed by atoms with van der Waals surface area (Å²) in [5.41, 5.74) is 0. The van der Waals surface area contributed by atoms with Gasteiger partial charge in [0.15, 0.2) is 0 Å². The molecule has 0 spiro atoms. The number of likely N-dealkylation sites (tertiary alicyclic amines) is 1. The minimum atomic E-state index is 0.511. The molecule has 0 aromatic heterocycles. The first-order valence-electron chi connectivity index (χ1n) is 8.53. The summed E-state index contributed by atoms with van der Waals surface area (Å²) in [6, 6.07) is 0.643. The van der Waals surface area contributed by atoms with Crippen LogP contribution in [-0.4, -0.2) is 23.3 Å². The molecule has 0 aromatic rings. The van der Waals surface area contributed by atoms with Gasteiger partial charge in [-0.1, -0.05) is 26.7 Å². The molecule has 1 saturated heterocycles. The van der Waals surface area contributed by atoms with Gasteiger partial charge in [-0.2, -0.15) is 10.3 Å². The number of hydrogen-bond acceptors (Lipinski definition) is 2. The van der Waals surface area contributed by atoms with Crippen LogP contribution in [0.1, 0.15) is 71.6 Å². The Bertz CT molecular complexity index is 361. The summed E-state index contributed by atoms with van der Waals surface area (Å²) >= 11 is 0. The molecule has 2 rings (SSSR count). The van der Waals surface area contributed by atoms with E-state index in [1.807, 2.05) is 6.19 Å². The normalized spacial score (nSPS) is 33.1. The van der Waals surface area contributed by atoms with Crippen molar-refractivity contribution in [3.63, 3.8) is 0 Å². The Morgan fingerprint density at radius 1 is 1.20 bits per heavy atom. The summed E-state index contributed by atoms with van der Waals surface area (Å²) in [6.45, 7) is 5.62. The van der Waals surface area contributed by atoms with Gasteiger partial charge < -0.3 is 4.90 Å². The zero-order valence-corrected chi connectivity index (χ0v) is 13.1. The molecular weight excluding hydrogens is 246 g/mol. The van der Waals surface area contributed by atoms with E-state index in [1.54, 1.807) is 0 Å². The van der Waals surface area contributed by atoms with E-state index < -0.39 is 0 Å². The number of rotatable bonds is 4. The van der Waals surface area contributed by atoms with Crippen LogP contribution in [0.3, 0.4) is 0 Å². The van der Waals surface area contributed by atoms with Gasteiger partial charge in [-0.25, -0.2) is 0 Å². The van der Waals surface area contributed by atoms with Gasteiger partial charge in [0.05, 0.1) is 0 Å². The molecule has 3 heteroatoms. The molecule has 0 aromatic carbocycles. The molecule has 2 fully saturated rings. The molecule has 1 aliphatic carbocycles. The largest absolute Gasteiger partial charge is 0.356 e. The SMILES string of the molecule is CCCC1CCC(N2CCCC(CC)C2=NC#N)CC1. The van der Waals surface area contributed by atoms with Gasteiger partial charge in [0, 0.05) is 18.5 Å². The van der Waals surface area contributed by atoms with E-state index >= 15 is 0 Å². The highest BCUT2D eigenvalue weighted by Crippen LogP contribution is 2.33. The third-order valence-corrected chi connectivity index (χ3v) is 5.22. The minimum Gasteiger partial charge on any atom is -0.356 e. The molecule has 0 bridgehead atoms. The molecule has 20 heavy (non-hydrogen) atoms. The molecule has 3 nitrogen and oxygen atoms in total. The molecular formula is C17H29N3. The Labute approximate surface area is 124 Å². The maximum Gasteiger partial charge on any atom is 0.207 e. The summed E-state index contributed by atoms with van der Waals surface area (Å²) < 4.78 is 0. The van der Waals surface area contributed by atoms with Crippen molar-refractivity contribution < 1.29 is 0 Å². The molecule has 1 saturated carbocycles. The van der Waals surface area contributed by atoms with Crippen LogP contribution >= 0.6 is 0 Å². The van der Waals surface area contributed by atoms with Crippen LogP contribution in [0.15, 0.2) is 4.99 Å². The molecule has 0 N–H and O–H groups in total. The van der Waals surface area contributed by atoms with E-state index in [0.717, 1.165) is 24.7 Å². The fourth-order valence-electron chi connectivity index (χ4n) is 4.10. The Balaban J connectivity index is 2.00. The van der Waals surface area contributed by atoms with Gasteiger partial charge in [-0.15, -0.1) is 0 Å². The van der Waals surface area contributed by atoms with E-state index in [2.05, 4.69) is 23.7 Å². The number of piperidine rings is 1. The predicted octanol–water partition coefficient (Wildman–Crippen LogP) is 4.35. The van der Waals surface area contributed by atoms with Gasteiger partial charge in [-0.3, -0.25) is 0 Å². The van der Waals surface area contributed by atoms with Crippen molar-refractivity contribution in [3.8, 4) is 6.19 Å². The van der Waals surface area contributed by atoms with Crippen LogP contribution in [0.4, 0.5) is 0 Å². The monoisotopic (exact) mass is 275 g/mol. The van der Waals surface area contributed by atoms with E-state index in [4.69, 9.17) is 5.26 Å². The quantitative estimate of drug-likeness (QED) is 0.716. The lowest BCUT2D eigenvalue weighted by atomic mass is 9.81. The first kappa shape index (κ1) is 15.4. The fraction of sp³-hybridized carbons (Fsp3) is 0.882. The molecule has 2 aliphatic rings. The smallest absolute Gasteiger partial charge is 0.207 e. The molecule has 1 unspecified atom stereocenters. The zero-order valence-electron chi connectivity index (χ0n) is 13.1. The second kappa shape index (κ2) is 7.67. The van der Waals surface area contributed by atoms with Crippen LogP contribution in [0.25, 0.3) is 0 Å². The van der Waals surface area contributed by atoms with Crippen LogP contribution in [0, 0.1) is 23.3 Å². The number of amidine groups is 1. The second-order valence-corrected chi connectivity index (χ2v) is 6.47. The summed E-state index contributed by atoms with van der Waals surface area (Å²) in [7, 11) is 0. The fourth-order valence-corrected chi connectivity index (χ4v) is 4.10. The maximum absolute atomic E-state index is 9.00. The van der Waals surface area contributed by atoms with E-state index in [9.17, 15) is 0 Å². The zero-order chi connectivity index (χ0) is 14.4. The van der Waals surface area contributed by atoms with Crippen molar-refractivity contribution in [2.24, 2.45) is 16.8 Å². The third-order valence-electron chi connectivity index (χ3n) is 5.22. The number of hydrogen-bond donors (Lipinski definition) is 0. The highest BCUT2D eigenvalue weighted by atomic mass is 15.2. The highest BCUT2D eigenvalue weighted by molar-refractivity contribution is 5.86. The number of nitriles is 1. The summed E-state index contributed by atoms with van der Waals surface area (Å²) in [5.74, 6) is 2.55. The van der Waals surface area contributed by atoms with Crippen LogP contribution in [0.2, 0.25) is 0 Å². The lowest BCUT2D eigenvalue weighted by Crippen LogP contribution is -2.48. The van der Waals surface area contributed by atoms with Crippen molar-refractivity contribution in [2.75, 3.05) is 6.54 Å². The van der Waals surface area contributed by atoms with Crippen molar-refractivity contribution >= 4 is 5.84 Å². The standard InChI is InChI=1S/C17H29N3/c1-3-6-14-8-10-16(11-9-14)20-12-5-7-15(4-2)17(20)19-13-18/h14-16H,3-12H2,1-2H3. The Kier molecular flexibility index (Phi) is 5.88. The Morgan fingerprint density at radius 2 is 1.95 bits per heavy atom. The maximum atomic E-state index is 9.00. The molecule has 112 valence electrons. The number of aliphatic imine (C=N–C) groups is 1. The second-order valence-electron chi connectivity index (χ2n) is 6.47. The summed E-state index contributed by atoms with van der Waals surface area (Å²) in [5, 5.41) is 9.00. The first-order valence-corrected chi connectivity index (χ1v) is 8.53. The molecule has 0 radical (unpaired) electrons. The first-order chi connectivity index (χ1) is 9.80. The van der Waals surface area contributed by atoms with Crippen LogP contribution in [0.5, 0.6) is 0 Å². The number of nitrogens with zero attached hydrogens (tertiary/aromatic N) is 3. The van der Waals surface area contributed by atoms with Crippen LogP contribution in [-0.2, 0) is 0 Å². The lowest BCUT2D eigenvalue weighted by Gasteiger charge is -2.43. The van der Waals surface area contributed by atoms with E-state index in [0.29, 0.717) is 12.0 Å². The average Bonchev–Trinajstić information content (AvgIpc) is 2.49. The summed E-state index contributed by atoms with van der Waals surface area (Å²) in [4.78, 5) is 6.69.